The van der Waals surface area contributed by atoms with Crippen LogP contribution in [0.5, 0.6) is 5.75 Å². The van der Waals surface area contributed by atoms with Crippen LogP contribution in [-0.2, 0) is 0 Å². The Balaban J connectivity index is 1.85. The van der Waals surface area contributed by atoms with Crippen LogP contribution in [0, 0.1) is 20.8 Å². The Hall–Kier alpha value is -2.73. The van der Waals surface area contributed by atoms with Crippen molar-refractivity contribution in [2.45, 2.75) is 20.8 Å². The second kappa shape index (κ2) is 7.25. The van der Waals surface area contributed by atoms with Gasteiger partial charge in [-0.25, -0.2) is 0 Å². The molecule has 1 aliphatic heterocycles. The van der Waals surface area contributed by atoms with Crippen LogP contribution in [0.15, 0.2) is 35.4 Å². The minimum Gasteiger partial charge on any atom is -0.497 e. The number of nitrogens with zero attached hydrogens (tertiary/aromatic N) is 1. The highest BCUT2D eigenvalue weighted by Crippen LogP contribution is 2.20. The van der Waals surface area contributed by atoms with Gasteiger partial charge in [0.1, 0.15) is 10.8 Å². The van der Waals surface area contributed by atoms with Gasteiger partial charge in [-0.1, -0.05) is 18.7 Å². The van der Waals surface area contributed by atoms with E-state index in [-0.39, 0.29) is 5.91 Å². The zero-order valence-corrected chi connectivity index (χ0v) is 16.1. The quantitative estimate of drug-likeness (QED) is 0.854. The summed E-state index contributed by atoms with van der Waals surface area (Å²) in [7, 11) is 1.57. The Morgan fingerprint density at radius 2 is 2.00 bits per heavy atom. The third kappa shape index (κ3) is 3.46. The molecule has 134 valence electrons. The van der Waals surface area contributed by atoms with E-state index in [1.54, 1.807) is 31.4 Å². The molecule has 0 saturated carbocycles. The number of hydrogen-bond donors (Lipinski definition) is 2. The Morgan fingerprint density at radius 3 is 2.73 bits per heavy atom. The first-order valence-electron chi connectivity index (χ1n) is 8.17. The number of amides is 1. The minimum absolute atomic E-state index is 0.231. The molecule has 0 radical (unpaired) electrons. The SMILES string of the molecule is C=c1c(C)cc(C)c(C)c1=C1NN=C(NC(=O)c2cccc(OC)c2)S1. The molecule has 0 spiro atoms. The summed E-state index contributed by atoms with van der Waals surface area (Å²) in [5.74, 6) is 0.404. The summed E-state index contributed by atoms with van der Waals surface area (Å²) in [4.78, 5) is 12.4. The molecule has 3 rings (SSSR count). The molecule has 6 heteroatoms. The van der Waals surface area contributed by atoms with Crippen molar-refractivity contribution in [3.8, 4) is 5.75 Å². The number of amidine groups is 1. The summed E-state index contributed by atoms with van der Waals surface area (Å²) in [5.41, 5.74) is 7.03. The van der Waals surface area contributed by atoms with Gasteiger partial charge >= 0.3 is 0 Å². The molecule has 0 aliphatic carbocycles. The van der Waals surface area contributed by atoms with Crippen molar-refractivity contribution in [3.63, 3.8) is 0 Å². The number of nitrogens with one attached hydrogen (secondary N) is 2. The molecule has 0 unspecified atom stereocenters. The molecule has 1 amide bonds. The van der Waals surface area contributed by atoms with E-state index >= 15 is 0 Å². The second-order valence-corrected chi connectivity index (χ2v) is 7.13. The smallest absolute Gasteiger partial charge is 0.257 e. The van der Waals surface area contributed by atoms with Crippen LogP contribution < -0.4 is 25.9 Å². The summed E-state index contributed by atoms with van der Waals surface area (Å²) < 4.78 is 5.16. The lowest BCUT2D eigenvalue weighted by molar-refractivity contribution is 0.0977. The number of rotatable bonds is 2. The number of methoxy groups -OCH3 is 1. The van der Waals surface area contributed by atoms with Gasteiger partial charge in [0.15, 0.2) is 5.17 Å². The summed E-state index contributed by atoms with van der Waals surface area (Å²) in [6, 6.07) is 9.13. The maximum absolute atomic E-state index is 12.4. The van der Waals surface area contributed by atoms with Gasteiger partial charge < -0.3 is 4.74 Å². The van der Waals surface area contributed by atoms with Crippen molar-refractivity contribution in [2.75, 3.05) is 7.11 Å². The number of thioether (sulfide) groups is 1. The van der Waals surface area contributed by atoms with Gasteiger partial charge in [0.2, 0.25) is 0 Å². The monoisotopic (exact) mass is 367 g/mol. The molecule has 0 saturated heterocycles. The maximum atomic E-state index is 12.4. The van der Waals surface area contributed by atoms with E-state index in [1.165, 1.54) is 17.3 Å². The molecule has 0 aromatic heterocycles. The van der Waals surface area contributed by atoms with E-state index in [2.05, 4.69) is 42.3 Å². The van der Waals surface area contributed by atoms with Crippen LogP contribution >= 0.6 is 11.8 Å². The molecule has 1 heterocycles. The third-order valence-electron chi connectivity index (χ3n) is 4.41. The number of ether oxygens (including phenoxy) is 1. The number of hydrazone groups is 1. The van der Waals surface area contributed by atoms with Crippen molar-refractivity contribution in [1.29, 1.82) is 0 Å². The first kappa shape index (κ1) is 18.1. The van der Waals surface area contributed by atoms with Crippen LogP contribution in [0.2, 0.25) is 0 Å². The van der Waals surface area contributed by atoms with Crippen LogP contribution in [0.3, 0.4) is 0 Å². The van der Waals surface area contributed by atoms with E-state index in [4.69, 9.17) is 4.74 Å². The second-order valence-electron chi connectivity index (χ2n) is 6.13. The number of aryl methyl sites for hydroxylation is 2. The van der Waals surface area contributed by atoms with Gasteiger partial charge in [-0.2, -0.15) is 0 Å². The molecule has 5 nitrogen and oxygen atoms in total. The van der Waals surface area contributed by atoms with Gasteiger partial charge in [0, 0.05) is 10.8 Å². The molecular formula is C20H21N3O2S. The normalized spacial score (nSPS) is 15.3. The number of carbonyl (C=O) groups is 1. The third-order valence-corrected chi connectivity index (χ3v) is 5.30. The molecule has 2 aromatic rings. The van der Waals surface area contributed by atoms with Gasteiger partial charge in [-0.3, -0.25) is 15.5 Å². The highest BCUT2D eigenvalue weighted by molar-refractivity contribution is 8.21. The summed E-state index contributed by atoms with van der Waals surface area (Å²) in [6.07, 6.45) is 0. The van der Waals surface area contributed by atoms with Crippen LogP contribution in [0.4, 0.5) is 0 Å². The molecule has 26 heavy (non-hydrogen) atoms. The summed E-state index contributed by atoms with van der Waals surface area (Å²) in [6.45, 7) is 10.4. The number of benzene rings is 2. The highest BCUT2D eigenvalue weighted by atomic mass is 32.2. The molecule has 0 fully saturated rings. The fourth-order valence-corrected chi connectivity index (χ4v) is 3.68. The molecule has 2 aromatic carbocycles. The topological polar surface area (TPSA) is 62.7 Å². The molecule has 0 atom stereocenters. The van der Waals surface area contributed by atoms with E-state index in [1.807, 2.05) is 6.92 Å². The fourth-order valence-electron chi connectivity index (χ4n) is 2.79. The number of hydrogen-bond acceptors (Lipinski definition) is 5. The fraction of sp³-hybridized carbons (Fsp3) is 0.200. The molecular weight excluding hydrogens is 346 g/mol. The van der Waals surface area contributed by atoms with Crippen molar-refractivity contribution in [3.05, 3.63) is 63.0 Å². The zero-order chi connectivity index (χ0) is 18.8. The van der Waals surface area contributed by atoms with Crippen molar-refractivity contribution >= 4 is 34.4 Å². The largest absolute Gasteiger partial charge is 0.497 e. The summed E-state index contributed by atoms with van der Waals surface area (Å²) in [5, 5.41) is 10.5. The van der Waals surface area contributed by atoms with E-state index in [0.29, 0.717) is 16.5 Å². The average Bonchev–Trinajstić information content (AvgIpc) is 3.08. The van der Waals surface area contributed by atoms with Crippen molar-refractivity contribution in [2.24, 2.45) is 5.10 Å². The first-order chi connectivity index (χ1) is 12.4. The Bertz CT molecular complexity index is 1030. The van der Waals surface area contributed by atoms with Gasteiger partial charge in [-0.05, 0) is 72.6 Å². The zero-order valence-electron chi connectivity index (χ0n) is 15.3. The lowest BCUT2D eigenvalue weighted by atomic mass is 10.0. The average molecular weight is 367 g/mol. The Kier molecular flexibility index (Phi) is 5.04. The highest BCUT2D eigenvalue weighted by Gasteiger charge is 2.18. The Morgan fingerprint density at radius 1 is 1.23 bits per heavy atom. The summed E-state index contributed by atoms with van der Waals surface area (Å²) >= 11 is 1.39. The van der Waals surface area contributed by atoms with Crippen LogP contribution in [0.1, 0.15) is 27.0 Å². The maximum Gasteiger partial charge on any atom is 0.257 e. The Labute approximate surface area is 156 Å². The van der Waals surface area contributed by atoms with Gasteiger partial charge in [0.05, 0.1) is 7.11 Å². The first-order valence-corrected chi connectivity index (χ1v) is 8.99. The van der Waals surface area contributed by atoms with Crippen LogP contribution in [0.25, 0.3) is 11.6 Å². The van der Waals surface area contributed by atoms with Crippen molar-refractivity contribution < 1.29 is 9.53 Å². The van der Waals surface area contributed by atoms with E-state index < -0.39 is 0 Å². The lowest BCUT2D eigenvalue weighted by Crippen LogP contribution is -2.33. The molecule has 0 bridgehead atoms. The predicted octanol–water partition coefficient (Wildman–Crippen LogP) is 2.13. The van der Waals surface area contributed by atoms with Gasteiger partial charge in [-0.15, -0.1) is 5.10 Å². The van der Waals surface area contributed by atoms with E-state index in [0.717, 1.165) is 26.6 Å². The predicted molar refractivity (Wildman–Crippen MR) is 107 cm³/mol. The molecule has 1 aliphatic rings. The van der Waals surface area contributed by atoms with Crippen LogP contribution in [-0.4, -0.2) is 18.2 Å². The van der Waals surface area contributed by atoms with Crippen molar-refractivity contribution in [1.82, 2.24) is 10.7 Å². The standard InChI is InChI=1S/C20H21N3O2S/c1-11-9-12(2)14(4)17(13(11)3)19-22-23-20(26-19)21-18(24)15-7-6-8-16(10-15)25-5/h6-10,22H,3H2,1-2,4-5H3,(H,21,23,24). The number of carbonyl (C=O) groups excluding carboxylic acids is 1. The van der Waals surface area contributed by atoms with Gasteiger partial charge in [0.25, 0.3) is 5.91 Å². The lowest BCUT2D eigenvalue weighted by Gasteiger charge is -2.08. The molecule has 2 N–H and O–H groups in total. The van der Waals surface area contributed by atoms with E-state index in [9.17, 15) is 4.79 Å². The minimum atomic E-state index is -0.231.